The fourth-order valence-electron chi connectivity index (χ4n) is 2.95. The van der Waals surface area contributed by atoms with Gasteiger partial charge in [0.1, 0.15) is 12.1 Å². The molecule has 1 heterocycles. The van der Waals surface area contributed by atoms with Gasteiger partial charge in [0.25, 0.3) is 0 Å². The third kappa shape index (κ3) is 3.26. The highest BCUT2D eigenvalue weighted by Crippen LogP contribution is 2.33. The number of rotatable bonds is 4. The summed E-state index contributed by atoms with van der Waals surface area (Å²) in [5.41, 5.74) is 2.00. The lowest BCUT2D eigenvalue weighted by molar-refractivity contribution is -0.129. The second kappa shape index (κ2) is 6.65. The SMILES string of the molecule is CC1OC(=O)N(C(=O)CCc2ccccc2)C1c1ccccc1. The molecule has 2 amide bonds. The van der Waals surface area contributed by atoms with Crippen LogP contribution in [0.15, 0.2) is 60.7 Å². The number of benzene rings is 2. The highest BCUT2D eigenvalue weighted by Gasteiger charge is 2.43. The van der Waals surface area contributed by atoms with Crippen LogP contribution in [0.2, 0.25) is 0 Å². The minimum Gasteiger partial charge on any atom is -0.443 e. The Morgan fingerprint density at radius 2 is 1.65 bits per heavy atom. The molecule has 1 fully saturated rings. The van der Waals surface area contributed by atoms with Gasteiger partial charge in [0.2, 0.25) is 5.91 Å². The van der Waals surface area contributed by atoms with E-state index in [1.54, 1.807) is 0 Å². The quantitative estimate of drug-likeness (QED) is 0.864. The first-order chi connectivity index (χ1) is 11.2. The van der Waals surface area contributed by atoms with Crippen molar-refractivity contribution in [3.05, 3.63) is 71.8 Å². The standard InChI is InChI=1S/C19H19NO3/c1-14-18(16-10-6-3-7-11-16)20(19(22)23-14)17(21)13-12-15-8-4-2-5-9-15/h2-11,14,18H,12-13H2,1H3. The average Bonchev–Trinajstić information content (AvgIpc) is 2.88. The number of hydrogen-bond donors (Lipinski definition) is 0. The molecule has 0 saturated carbocycles. The maximum atomic E-state index is 12.6. The largest absolute Gasteiger partial charge is 0.443 e. The third-order valence-corrected chi connectivity index (χ3v) is 4.09. The second-order valence-electron chi connectivity index (χ2n) is 5.69. The summed E-state index contributed by atoms with van der Waals surface area (Å²) < 4.78 is 5.28. The molecule has 0 spiro atoms. The Morgan fingerprint density at radius 3 is 2.30 bits per heavy atom. The van der Waals surface area contributed by atoms with Crippen molar-refractivity contribution in [3.8, 4) is 0 Å². The van der Waals surface area contributed by atoms with E-state index in [0.717, 1.165) is 11.1 Å². The highest BCUT2D eigenvalue weighted by atomic mass is 16.6. The number of carbonyl (C=O) groups excluding carboxylic acids is 2. The minimum atomic E-state index is -0.551. The van der Waals surface area contributed by atoms with Gasteiger partial charge in [0.05, 0.1) is 0 Å². The summed E-state index contributed by atoms with van der Waals surface area (Å²) in [5, 5.41) is 0. The van der Waals surface area contributed by atoms with Gasteiger partial charge in [0, 0.05) is 6.42 Å². The first-order valence-corrected chi connectivity index (χ1v) is 7.78. The fourth-order valence-corrected chi connectivity index (χ4v) is 2.95. The molecule has 1 saturated heterocycles. The van der Waals surface area contributed by atoms with Crippen LogP contribution >= 0.6 is 0 Å². The Balaban J connectivity index is 1.76. The van der Waals surface area contributed by atoms with Crippen LogP contribution < -0.4 is 0 Å². The summed E-state index contributed by atoms with van der Waals surface area (Å²) in [6, 6.07) is 19.0. The number of aryl methyl sites for hydroxylation is 1. The average molecular weight is 309 g/mol. The van der Waals surface area contributed by atoms with Crippen LogP contribution in [0.4, 0.5) is 4.79 Å². The van der Waals surface area contributed by atoms with Crippen molar-refractivity contribution in [2.45, 2.75) is 31.9 Å². The van der Waals surface area contributed by atoms with E-state index >= 15 is 0 Å². The topological polar surface area (TPSA) is 46.6 Å². The third-order valence-electron chi connectivity index (χ3n) is 4.09. The van der Waals surface area contributed by atoms with Crippen LogP contribution in [0, 0.1) is 0 Å². The van der Waals surface area contributed by atoms with Gasteiger partial charge in [-0.3, -0.25) is 4.79 Å². The minimum absolute atomic E-state index is 0.197. The van der Waals surface area contributed by atoms with Gasteiger partial charge in [-0.15, -0.1) is 0 Å². The Labute approximate surface area is 135 Å². The lowest BCUT2D eigenvalue weighted by Crippen LogP contribution is -2.35. The van der Waals surface area contributed by atoms with Gasteiger partial charge in [-0.2, -0.15) is 0 Å². The van der Waals surface area contributed by atoms with E-state index in [2.05, 4.69) is 0 Å². The molecule has 0 N–H and O–H groups in total. The molecule has 0 aliphatic carbocycles. The lowest BCUT2D eigenvalue weighted by Gasteiger charge is -2.22. The van der Waals surface area contributed by atoms with E-state index in [0.29, 0.717) is 6.42 Å². The summed E-state index contributed by atoms with van der Waals surface area (Å²) >= 11 is 0. The predicted molar refractivity (Wildman–Crippen MR) is 86.7 cm³/mol. The molecule has 0 aromatic heterocycles. The summed E-state index contributed by atoms with van der Waals surface area (Å²) in [6.45, 7) is 1.82. The van der Waals surface area contributed by atoms with Gasteiger partial charge in [0.15, 0.2) is 0 Å². The van der Waals surface area contributed by atoms with E-state index in [1.807, 2.05) is 67.6 Å². The van der Waals surface area contributed by atoms with Crippen LogP contribution in [0.25, 0.3) is 0 Å². The predicted octanol–water partition coefficient (Wildman–Crippen LogP) is 3.73. The molecular formula is C19H19NO3. The molecule has 4 heteroatoms. The first kappa shape index (κ1) is 15.3. The molecule has 1 aliphatic heterocycles. The maximum absolute atomic E-state index is 12.6. The normalized spacial score (nSPS) is 20.4. The molecule has 0 radical (unpaired) electrons. The monoisotopic (exact) mass is 309 g/mol. The number of imide groups is 1. The van der Waals surface area contributed by atoms with Gasteiger partial charge >= 0.3 is 6.09 Å². The van der Waals surface area contributed by atoms with Gasteiger partial charge in [-0.1, -0.05) is 60.7 Å². The van der Waals surface area contributed by atoms with Crippen molar-refractivity contribution in [3.63, 3.8) is 0 Å². The molecule has 23 heavy (non-hydrogen) atoms. The zero-order chi connectivity index (χ0) is 16.2. The zero-order valence-electron chi connectivity index (χ0n) is 13.0. The Morgan fingerprint density at radius 1 is 1.04 bits per heavy atom. The van der Waals surface area contributed by atoms with E-state index in [4.69, 9.17) is 4.74 Å². The van der Waals surface area contributed by atoms with Gasteiger partial charge in [-0.05, 0) is 24.5 Å². The van der Waals surface area contributed by atoms with Crippen molar-refractivity contribution >= 4 is 12.0 Å². The molecule has 0 bridgehead atoms. The molecule has 1 aliphatic rings. The number of nitrogens with zero attached hydrogens (tertiary/aromatic N) is 1. The van der Waals surface area contributed by atoms with Crippen molar-refractivity contribution in [1.82, 2.24) is 4.90 Å². The van der Waals surface area contributed by atoms with Gasteiger partial charge < -0.3 is 4.74 Å². The second-order valence-corrected chi connectivity index (χ2v) is 5.69. The molecular weight excluding hydrogens is 290 g/mol. The molecule has 3 rings (SSSR count). The number of hydrogen-bond acceptors (Lipinski definition) is 3. The van der Waals surface area contributed by atoms with Crippen molar-refractivity contribution in [2.75, 3.05) is 0 Å². The fraction of sp³-hybridized carbons (Fsp3) is 0.263. The number of amides is 2. The van der Waals surface area contributed by atoms with Crippen LogP contribution in [0.1, 0.15) is 30.5 Å². The molecule has 118 valence electrons. The van der Waals surface area contributed by atoms with Crippen LogP contribution in [-0.4, -0.2) is 23.0 Å². The Bertz CT molecular complexity index is 684. The Kier molecular flexibility index (Phi) is 4.42. The van der Waals surface area contributed by atoms with Crippen molar-refractivity contribution in [1.29, 1.82) is 0 Å². The van der Waals surface area contributed by atoms with Gasteiger partial charge in [-0.25, -0.2) is 9.69 Å². The van der Waals surface area contributed by atoms with Crippen molar-refractivity contribution in [2.24, 2.45) is 0 Å². The van der Waals surface area contributed by atoms with Crippen LogP contribution in [-0.2, 0) is 16.0 Å². The number of carbonyl (C=O) groups is 2. The molecule has 2 aromatic rings. The molecule has 2 aromatic carbocycles. The summed E-state index contributed by atoms with van der Waals surface area (Å²) in [5.74, 6) is -0.197. The highest BCUT2D eigenvalue weighted by molar-refractivity contribution is 5.94. The van der Waals surface area contributed by atoms with Crippen molar-refractivity contribution < 1.29 is 14.3 Å². The molecule has 2 atom stereocenters. The number of ether oxygens (including phenoxy) is 1. The van der Waals surface area contributed by atoms with E-state index in [1.165, 1.54) is 4.90 Å². The van der Waals surface area contributed by atoms with E-state index in [-0.39, 0.29) is 24.5 Å². The lowest BCUT2D eigenvalue weighted by atomic mass is 10.0. The zero-order valence-corrected chi connectivity index (χ0v) is 13.0. The van der Waals surface area contributed by atoms with E-state index < -0.39 is 6.09 Å². The summed E-state index contributed by atoms with van der Waals surface area (Å²) in [6.07, 6.45) is 0.00380. The van der Waals surface area contributed by atoms with Crippen LogP contribution in [0.5, 0.6) is 0 Å². The first-order valence-electron chi connectivity index (χ1n) is 7.78. The Hall–Kier alpha value is -2.62. The summed E-state index contributed by atoms with van der Waals surface area (Å²) in [7, 11) is 0. The molecule has 4 nitrogen and oxygen atoms in total. The van der Waals surface area contributed by atoms with E-state index in [9.17, 15) is 9.59 Å². The summed E-state index contributed by atoms with van der Waals surface area (Å²) in [4.78, 5) is 26.0. The number of cyclic esters (lactones) is 1. The smallest absolute Gasteiger partial charge is 0.417 e. The molecule has 2 unspecified atom stereocenters. The van der Waals surface area contributed by atoms with Crippen LogP contribution in [0.3, 0.4) is 0 Å². The maximum Gasteiger partial charge on any atom is 0.417 e.